The third-order valence-electron chi connectivity index (χ3n) is 4.56. The number of hydrogen-bond acceptors (Lipinski definition) is 3. The van der Waals surface area contributed by atoms with E-state index in [-0.39, 0.29) is 10.1 Å². The van der Waals surface area contributed by atoms with Gasteiger partial charge < -0.3 is 0 Å². The van der Waals surface area contributed by atoms with Crippen molar-refractivity contribution in [2.24, 2.45) is 3.77 Å². The lowest BCUT2D eigenvalue weighted by atomic mass is 9.95. The highest BCUT2D eigenvalue weighted by Gasteiger charge is 2.26. The lowest BCUT2D eigenvalue weighted by Gasteiger charge is -2.29. The highest BCUT2D eigenvalue weighted by Crippen LogP contribution is 2.32. The van der Waals surface area contributed by atoms with Gasteiger partial charge in [0, 0.05) is 11.4 Å². The summed E-state index contributed by atoms with van der Waals surface area (Å²) in [6, 6.07) is 7.20. The van der Waals surface area contributed by atoms with Gasteiger partial charge in [-0.2, -0.15) is 13.5 Å². The second-order valence-corrected chi connectivity index (χ2v) is 11.1. The van der Waals surface area contributed by atoms with Crippen LogP contribution in [0.25, 0.3) is 0 Å². The maximum Gasteiger partial charge on any atom is 0.287 e. The molecule has 136 valence electrons. The minimum absolute atomic E-state index is 0.279. The van der Waals surface area contributed by atoms with E-state index in [9.17, 15) is 8.42 Å². The van der Waals surface area contributed by atoms with Gasteiger partial charge >= 0.3 is 0 Å². The van der Waals surface area contributed by atoms with Gasteiger partial charge in [0.1, 0.15) is 0 Å². The number of nitrogens with zero attached hydrogens (tertiary/aromatic N) is 3. The fraction of sp³-hybridized carbons (Fsp3) is 0.471. The Labute approximate surface area is 160 Å². The van der Waals surface area contributed by atoms with Gasteiger partial charge in [0.2, 0.25) is 0 Å². The molecule has 0 aliphatic heterocycles. The molecule has 25 heavy (non-hydrogen) atoms. The first kappa shape index (κ1) is 18.8. The van der Waals surface area contributed by atoms with Crippen LogP contribution in [-0.4, -0.2) is 29.7 Å². The van der Waals surface area contributed by atoms with Gasteiger partial charge in [-0.1, -0.05) is 34.8 Å². The monoisotopic (exact) mass is 443 g/mol. The molecule has 0 spiro atoms. The molecule has 8 heteroatoms. The van der Waals surface area contributed by atoms with Crippen LogP contribution in [0, 0.1) is 6.92 Å². The molecule has 1 saturated carbocycles. The summed E-state index contributed by atoms with van der Waals surface area (Å²) in [5, 5.41) is 4.67. The van der Waals surface area contributed by atoms with Crippen molar-refractivity contribution in [2.45, 2.75) is 48.8 Å². The van der Waals surface area contributed by atoms with Gasteiger partial charge in [-0.25, -0.2) is 0 Å². The molecule has 0 saturated heterocycles. The number of halogens is 1. The Morgan fingerprint density at radius 2 is 2.00 bits per heavy atom. The van der Waals surface area contributed by atoms with Gasteiger partial charge in [0.25, 0.3) is 10.0 Å². The zero-order valence-electron chi connectivity index (χ0n) is 14.3. The molecule has 2 aromatic rings. The molecule has 1 heterocycles. The van der Waals surface area contributed by atoms with Gasteiger partial charge in [-0.15, -0.1) is 3.77 Å². The molecule has 0 bridgehead atoms. The van der Waals surface area contributed by atoms with E-state index in [0.29, 0.717) is 6.04 Å². The van der Waals surface area contributed by atoms with Gasteiger partial charge in [-0.05, 0) is 60.5 Å². The summed E-state index contributed by atoms with van der Waals surface area (Å²) in [4.78, 5) is 0.279. The quantitative estimate of drug-likeness (QED) is 0.708. The molecule has 0 radical (unpaired) electrons. The molecular weight excluding hydrogens is 422 g/mol. The Bertz CT molecular complexity index is 876. The number of benzene rings is 1. The Hall–Kier alpha value is -0.990. The molecule has 1 aromatic carbocycles. The highest BCUT2D eigenvalue weighted by molar-refractivity contribution is 9.10. The van der Waals surface area contributed by atoms with Crippen molar-refractivity contribution < 1.29 is 8.42 Å². The van der Waals surface area contributed by atoms with Crippen molar-refractivity contribution in [3.8, 4) is 0 Å². The van der Waals surface area contributed by atoms with Crippen LogP contribution in [0.1, 0.15) is 37.3 Å². The van der Waals surface area contributed by atoms with Crippen molar-refractivity contribution in [1.82, 2.24) is 9.78 Å². The van der Waals surface area contributed by atoms with E-state index in [2.05, 4.69) is 24.8 Å². The maximum atomic E-state index is 12.6. The zero-order valence-corrected chi connectivity index (χ0v) is 17.5. The van der Waals surface area contributed by atoms with Crippen molar-refractivity contribution >= 4 is 36.6 Å². The number of rotatable bonds is 4. The van der Waals surface area contributed by atoms with Crippen molar-refractivity contribution in [3.63, 3.8) is 0 Å². The number of hydrogen-bond donors (Lipinski definition) is 0. The summed E-state index contributed by atoms with van der Waals surface area (Å²) < 4.78 is 32.3. The van der Waals surface area contributed by atoms with E-state index in [1.807, 2.05) is 36.2 Å². The predicted octanol–water partition coefficient (Wildman–Crippen LogP) is 4.26. The van der Waals surface area contributed by atoms with Crippen LogP contribution in [-0.2, 0) is 20.7 Å². The van der Waals surface area contributed by atoms with Crippen LogP contribution in [0.3, 0.4) is 0 Å². The van der Waals surface area contributed by atoms with E-state index < -0.39 is 20.7 Å². The Morgan fingerprint density at radius 3 is 2.64 bits per heavy atom. The summed E-state index contributed by atoms with van der Waals surface area (Å²) in [5.74, 6) is 0. The normalized spacial score (nSPS) is 22.8. The minimum Gasteiger partial charge on any atom is -0.268 e. The summed E-state index contributed by atoms with van der Waals surface area (Å²) in [6.07, 6.45) is 9.81. The first-order valence-corrected chi connectivity index (χ1v) is 12.1. The van der Waals surface area contributed by atoms with Gasteiger partial charge in [0.05, 0.1) is 21.6 Å². The topological polar surface area (TPSA) is 64.3 Å². The van der Waals surface area contributed by atoms with E-state index in [1.54, 1.807) is 18.3 Å². The van der Waals surface area contributed by atoms with Gasteiger partial charge in [-0.3, -0.25) is 4.68 Å². The molecule has 1 aliphatic rings. The van der Waals surface area contributed by atoms with E-state index in [0.717, 1.165) is 35.7 Å². The molecule has 0 amide bonds. The second kappa shape index (κ2) is 7.72. The van der Waals surface area contributed by atoms with Crippen LogP contribution in [0.4, 0.5) is 0 Å². The summed E-state index contributed by atoms with van der Waals surface area (Å²) >= 11 is 3.43. The van der Waals surface area contributed by atoms with Crippen molar-refractivity contribution in [1.29, 1.82) is 0 Å². The Kier molecular flexibility index (Phi) is 5.80. The average Bonchev–Trinajstić information content (AvgIpc) is 3.01. The lowest BCUT2D eigenvalue weighted by molar-refractivity contribution is 0.335. The van der Waals surface area contributed by atoms with Crippen molar-refractivity contribution in [3.05, 3.63) is 46.7 Å². The molecule has 1 aromatic heterocycles. The van der Waals surface area contributed by atoms with E-state index in [1.165, 1.54) is 0 Å². The molecule has 3 rings (SSSR count). The minimum atomic E-state index is -3.60. The molecule has 1 aliphatic carbocycles. The maximum absolute atomic E-state index is 12.6. The molecule has 1 fully saturated rings. The molecule has 3 atom stereocenters. The standard InChI is InChI=1S/C17H22BrN3O2S2/c1-13-6-8-17(9-7-13)25(22,23)20-24(2)16-5-3-4-15(10-16)21-12-14(18)11-19-21/h6-9,11-12,15-16H,3-5,10H2,1-2H3/t15-,16+,24?/m0/s1. The van der Waals surface area contributed by atoms with Gasteiger partial charge in [0.15, 0.2) is 0 Å². The van der Waals surface area contributed by atoms with E-state index in [4.69, 9.17) is 0 Å². The average molecular weight is 444 g/mol. The fourth-order valence-electron chi connectivity index (χ4n) is 3.15. The summed E-state index contributed by atoms with van der Waals surface area (Å²) in [7, 11) is -4.13. The Balaban J connectivity index is 1.78. The van der Waals surface area contributed by atoms with Crippen molar-refractivity contribution in [2.75, 3.05) is 6.26 Å². The highest BCUT2D eigenvalue weighted by atomic mass is 79.9. The first-order chi connectivity index (χ1) is 11.8. The number of aryl methyl sites for hydroxylation is 1. The SMILES string of the molecule is Cc1ccc(S(=O)(=O)/N=S(/C)[C@@H]2CCC[C@H](n3cc(Br)cn3)C2)cc1. The van der Waals surface area contributed by atoms with Crippen LogP contribution in [0.5, 0.6) is 0 Å². The predicted molar refractivity (Wildman–Crippen MR) is 105 cm³/mol. The lowest BCUT2D eigenvalue weighted by Crippen LogP contribution is -2.26. The van der Waals surface area contributed by atoms with E-state index >= 15 is 0 Å². The third-order valence-corrected chi connectivity index (χ3v) is 8.96. The summed E-state index contributed by atoms with van der Waals surface area (Å²) in [6.45, 7) is 1.94. The summed E-state index contributed by atoms with van der Waals surface area (Å²) in [5.41, 5.74) is 1.04. The third kappa shape index (κ3) is 4.60. The van der Waals surface area contributed by atoms with Crippen LogP contribution in [0.2, 0.25) is 0 Å². The van der Waals surface area contributed by atoms with Crippen LogP contribution >= 0.6 is 15.9 Å². The molecular formula is C17H22BrN3O2S2. The zero-order chi connectivity index (χ0) is 18.0. The smallest absolute Gasteiger partial charge is 0.268 e. The second-order valence-electron chi connectivity index (χ2n) is 6.47. The molecule has 1 unspecified atom stereocenters. The Morgan fingerprint density at radius 1 is 1.28 bits per heavy atom. The fourth-order valence-corrected chi connectivity index (χ4v) is 7.01. The van der Waals surface area contributed by atoms with Crippen LogP contribution < -0.4 is 0 Å². The van der Waals surface area contributed by atoms with Crippen LogP contribution in [0.15, 0.2) is 49.8 Å². The molecule has 5 nitrogen and oxygen atoms in total. The largest absolute Gasteiger partial charge is 0.287 e. The number of sulfonamides is 1. The molecule has 0 N–H and O–H groups in total. The first-order valence-electron chi connectivity index (χ1n) is 8.24. The number of aromatic nitrogens is 2.